The fourth-order valence-electron chi connectivity index (χ4n) is 4.93. The summed E-state index contributed by atoms with van der Waals surface area (Å²) in [6.07, 6.45) is 4.42. The molecule has 36 heavy (non-hydrogen) atoms. The average molecular weight is 491 g/mol. The average Bonchev–Trinajstić information content (AvgIpc) is 3.28. The normalized spacial score (nSPS) is 14.9. The van der Waals surface area contributed by atoms with E-state index in [9.17, 15) is 4.79 Å². The Bertz CT molecular complexity index is 1250. The summed E-state index contributed by atoms with van der Waals surface area (Å²) in [5.41, 5.74) is 8.17. The van der Waals surface area contributed by atoms with Crippen LogP contribution in [0.4, 0.5) is 0 Å². The van der Waals surface area contributed by atoms with Crippen molar-refractivity contribution in [3.05, 3.63) is 58.9 Å². The van der Waals surface area contributed by atoms with Crippen LogP contribution < -0.4 is 10.1 Å². The number of benzene rings is 2. The molecule has 1 aliphatic heterocycles. The third kappa shape index (κ3) is 5.82. The number of carbonyl (C=O) groups excluding carboxylic acids is 1. The highest BCUT2D eigenvalue weighted by molar-refractivity contribution is 6.02. The lowest BCUT2D eigenvalue weighted by molar-refractivity contribution is -0.116. The Morgan fingerprint density at radius 1 is 1.14 bits per heavy atom. The first kappa shape index (κ1) is 26.0. The number of fused-ring (bicyclic) bond motifs is 1. The zero-order chi connectivity index (χ0) is 25.7. The molecule has 2 heterocycles. The van der Waals surface area contributed by atoms with Gasteiger partial charge in [0.2, 0.25) is 5.91 Å². The maximum absolute atomic E-state index is 12.7. The molecule has 0 atom stereocenters. The largest absolute Gasteiger partial charge is 0.493 e. The highest BCUT2D eigenvalue weighted by Crippen LogP contribution is 2.41. The van der Waals surface area contributed by atoms with Crippen molar-refractivity contribution in [2.45, 2.75) is 41.0 Å². The Hall–Kier alpha value is -3.09. The minimum absolute atomic E-state index is 0.0866. The van der Waals surface area contributed by atoms with Crippen molar-refractivity contribution in [2.24, 2.45) is 0 Å². The standard InChI is InChI=1S/C30H38N2O4/c1-6-35-29-23(5)30-26(27(19-36-30)24-9-8-20(2)16-21(24)3)18-25(29)22(4)17-28(33)31-10-7-11-32-12-14-34-15-13-32/h8-9,16-19H,6-7,10-15H2,1-5H3,(H,31,33)/b22-17+. The van der Waals surface area contributed by atoms with Gasteiger partial charge in [0.25, 0.3) is 0 Å². The molecule has 1 amide bonds. The van der Waals surface area contributed by atoms with Gasteiger partial charge < -0.3 is 19.2 Å². The maximum Gasteiger partial charge on any atom is 0.244 e. The molecule has 1 N–H and O–H groups in total. The SMILES string of the molecule is CCOc1c(/C(C)=C/C(=O)NCCCN2CCOCC2)cc2c(-c3ccc(C)cc3C)coc2c1C. The van der Waals surface area contributed by atoms with E-state index in [1.807, 2.05) is 27.0 Å². The molecular weight excluding hydrogens is 452 g/mol. The number of furan rings is 1. The number of morpholine rings is 1. The lowest BCUT2D eigenvalue weighted by Crippen LogP contribution is -2.38. The Labute approximate surface area is 214 Å². The fraction of sp³-hybridized carbons (Fsp3) is 0.433. The predicted molar refractivity (Wildman–Crippen MR) is 146 cm³/mol. The Morgan fingerprint density at radius 2 is 1.92 bits per heavy atom. The van der Waals surface area contributed by atoms with Gasteiger partial charge in [-0.1, -0.05) is 23.8 Å². The highest BCUT2D eigenvalue weighted by Gasteiger charge is 2.20. The molecule has 192 valence electrons. The highest BCUT2D eigenvalue weighted by atomic mass is 16.5. The topological polar surface area (TPSA) is 63.9 Å². The Kier molecular flexibility index (Phi) is 8.49. The summed E-state index contributed by atoms with van der Waals surface area (Å²) in [7, 11) is 0. The number of carbonyl (C=O) groups is 1. The van der Waals surface area contributed by atoms with E-state index in [2.05, 4.69) is 48.3 Å². The van der Waals surface area contributed by atoms with E-state index in [1.54, 1.807) is 6.08 Å². The van der Waals surface area contributed by atoms with Crippen molar-refractivity contribution in [2.75, 3.05) is 46.0 Å². The van der Waals surface area contributed by atoms with Crippen molar-refractivity contribution in [1.82, 2.24) is 10.2 Å². The van der Waals surface area contributed by atoms with Gasteiger partial charge in [-0.3, -0.25) is 9.69 Å². The van der Waals surface area contributed by atoms with Gasteiger partial charge in [-0.05, 0) is 70.4 Å². The van der Waals surface area contributed by atoms with Crippen LogP contribution in [0.5, 0.6) is 5.75 Å². The van der Waals surface area contributed by atoms with E-state index in [4.69, 9.17) is 13.9 Å². The van der Waals surface area contributed by atoms with Gasteiger partial charge in [0, 0.05) is 47.8 Å². The third-order valence-electron chi connectivity index (χ3n) is 6.83. The summed E-state index contributed by atoms with van der Waals surface area (Å²) in [4.78, 5) is 15.1. The molecule has 0 aliphatic carbocycles. The number of hydrogen-bond acceptors (Lipinski definition) is 5. The third-order valence-corrected chi connectivity index (χ3v) is 6.83. The number of allylic oxidation sites excluding steroid dienone is 1. The smallest absolute Gasteiger partial charge is 0.244 e. The van der Waals surface area contributed by atoms with Crippen molar-refractivity contribution < 1.29 is 18.7 Å². The number of amides is 1. The molecule has 0 spiro atoms. The summed E-state index contributed by atoms with van der Waals surface area (Å²) in [6, 6.07) is 8.56. The van der Waals surface area contributed by atoms with E-state index in [0.717, 1.165) is 83.8 Å². The molecule has 1 aromatic heterocycles. The fourth-order valence-corrected chi connectivity index (χ4v) is 4.93. The first-order valence-corrected chi connectivity index (χ1v) is 12.9. The molecule has 2 aromatic carbocycles. The van der Waals surface area contributed by atoms with Crippen LogP contribution in [-0.4, -0.2) is 56.8 Å². The minimum atomic E-state index is -0.0866. The van der Waals surface area contributed by atoms with Crippen LogP contribution in [0.3, 0.4) is 0 Å². The van der Waals surface area contributed by atoms with Crippen LogP contribution in [0.2, 0.25) is 0 Å². The molecule has 0 unspecified atom stereocenters. The van der Waals surface area contributed by atoms with Crippen LogP contribution in [0, 0.1) is 20.8 Å². The summed E-state index contributed by atoms with van der Waals surface area (Å²) in [5.74, 6) is 0.678. The lowest BCUT2D eigenvalue weighted by atomic mass is 9.94. The first-order valence-electron chi connectivity index (χ1n) is 12.9. The predicted octanol–water partition coefficient (Wildman–Crippen LogP) is 5.67. The number of hydrogen-bond donors (Lipinski definition) is 1. The summed E-state index contributed by atoms with van der Waals surface area (Å²) >= 11 is 0. The number of aryl methyl sites for hydroxylation is 3. The second-order valence-corrected chi connectivity index (χ2v) is 9.58. The van der Waals surface area contributed by atoms with Crippen LogP contribution in [-0.2, 0) is 9.53 Å². The molecule has 1 saturated heterocycles. The number of nitrogens with one attached hydrogen (secondary N) is 1. The minimum Gasteiger partial charge on any atom is -0.493 e. The van der Waals surface area contributed by atoms with Crippen LogP contribution in [0.15, 0.2) is 41.0 Å². The molecule has 6 nitrogen and oxygen atoms in total. The molecule has 6 heteroatoms. The molecular formula is C30H38N2O4. The van der Waals surface area contributed by atoms with Gasteiger partial charge in [0.1, 0.15) is 11.3 Å². The monoisotopic (exact) mass is 490 g/mol. The Morgan fingerprint density at radius 3 is 2.64 bits per heavy atom. The maximum atomic E-state index is 12.7. The van der Waals surface area contributed by atoms with Crippen molar-refractivity contribution in [1.29, 1.82) is 0 Å². The summed E-state index contributed by atoms with van der Waals surface area (Å²) in [6.45, 7) is 15.8. The molecule has 0 radical (unpaired) electrons. The summed E-state index contributed by atoms with van der Waals surface area (Å²) in [5, 5.41) is 4.06. The molecule has 3 aromatic rings. The number of nitrogens with zero attached hydrogens (tertiary/aromatic N) is 1. The summed E-state index contributed by atoms with van der Waals surface area (Å²) < 4.78 is 17.5. The van der Waals surface area contributed by atoms with Crippen molar-refractivity contribution >= 4 is 22.4 Å². The van der Waals surface area contributed by atoms with Crippen LogP contribution in [0.1, 0.15) is 42.5 Å². The van der Waals surface area contributed by atoms with Gasteiger partial charge in [-0.2, -0.15) is 0 Å². The van der Waals surface area contributed by atoms with Gasteiger partial charge in [-0.25, -0.2) is 0 Å². The lowest BCUT2D eigenvalue weighted by Gasteiger charge is -2.26. The van der Waals surface area contributed by atoms with Gasteiger partial charge in [-0.15, -0.1) is 0 Å². The van der Waals surface area contributed by atoms with E-state index in [1.165, 1.54) is 11.1 Å². The van der Waals surface area contributed by atoms with Gasteiger partial charge >= 0.3 is 0 Å². The van der Waals surface area contributed by atoms with E-state index in [-0.39, 0.29) is 5.91 Å². The zero-order valence-corrected chi connectivity index (χ0v) is 22.2. The van der Waals surface area contributed by atoms with Gasteiger partial charge in [0.15, 0.2) is 0 Å². The number of ether oxygens (including phenoxy) is 2. The van der Waals surface area contributed by atoms with Crippen LogP contribution in [0.25, 0.3) is 27.7 Å². The van der Waals surface area contributed by atoms with Crippen molar-refractivity contribution in [3.63, 3.8) is 0 Å². The van der Waals surface area contributed by atoms with Gasteiger partial charge in [0.05, 0.1) is 26.1 Å². The van der Waals surface area contributed by atoms with Crippen LogP contribution >= 0.6 is 0 Å². The number of rotatable bonds is 9. The van der Waals surface area contributed by atoms with Crippen molar-refractivity contribution in [3.8, 4) is 16.9 Å². The van der Waals surface area contributed by atoms with E-state index >= 15 is 0 Å². The molecule has 4 rings (SSSR count). The molecule has 0 bridgehead atoms. The quantitative estimate of drug-likeness (QED) is 0.309. The zero-order valence-electron chi connectivity index (χ0n) is 22.2. The first-order chi connectivity index (χ1) is 17.4. The Balaban J connectivity index is 1.58. The molecule has 0 saturated carbocycles. The molecule has 1 aliphatic rings. The van der Waals surface area contributed by atoms with E-state index < -0.39 is 0 Å². The second-order valence-electron chi connectivity index (χ2n) is 9.58. The van der Waals surface area contributed by atoms with E-state index in [0.29, 0.717) is 13.2 Å². The second kappa shape index (κ2) is 11.8. The molecule has 1 fully saturated rings.